The summed E-state index contributed by atoms with van der Waals surface area (Å²) in [7, 11) is 0. The number of nitrogens with zero attached hydrogens (tertiary/aromatic N) is 1. The summed E-state index contributed by atoms with van der Waals surface area (Å²) in [5.74, 6) is 0. The minimum absolute atomic E-state index is 0.147. The fourth-order valence-corrected chi connectivity index (χ4v) is 1.26. The number of morpholine rings is 1. The molecule has 0 radical (unpaired) electrons. The summed E-state index contributed by atoms with van der Waals surface area (Å²) >= 11 is 0. The van der Waals surface area contributed by atoms with E-state index in [2.05, 4.69) is 11.3 Å². The van der Waals surface area contributed by atoms with Gasteiger partial charge in [0.25, 0.3) is 0 Å². The lowest BCUT2D eigenvalue weighted by molar-refractivity contribution is -0.300. The second-order valence-corrected chi connectivity index (χ2v) is 3.15. The van der Waals surface area contributed by atoms with E-state index in [1.807, 2.05) is 0 Å². The molecule has 1 saturated heterocycles. The van der Waals surface area contributed by atoms with Crippen LogP contribution in [0, 0.1) is 0 Å². The van der Waals surface area contributed by atoms with Gasteiger partial charge in [0.2, 0.25) is 6.30 Å². The summed E-state index contributed by atoms with van der Waals surface area (Å²) in [6, 6.07) is 0. The fourth-order valence-electron chi connectivity index (χ4n) is 1.26. The molecule has 0 aromatic heterocycles. The Kier molecular flexibility index (Phi) is 4.56. The van der Waals surface area contributed by atoms with E-state index in [9.17, 15) is 13.2 Å². The molecule has 0 aromatic carbocycles. The second-order valence-electron chi connectivity index (χ2n) is 3.15. The van der Waals surface area contributed by atoms with Crippen LogP contribution in [0.5, 0.6) is 0 Å². The van der Waals surface area contributed by atoms with E-state index in [0.29, 0.717) is 0 Å². The normalized spacial score (nSPS) is 21.3. The third kappa shape index (κ3) is 3.48. The molecule has 1 rings (SSSR count). The van der Waals surface area contributed by atoms with E-state index in [1.165, 1.54) is 0 Å². The first-order valence-electron chi connectivity index (χ1n) is 4.66. The molecular weight excluding hydrogens is 211 g/mol. The van der Waals surface area contributed by atoms with Crippen molar-refractivity contribution < 1.29 is 22.6 Å². The Morgan fingerprint density at radius 3 is 2.60 bits per heavy atom. The van der Waals surface area contributed by atoms with Crippen LogP contribution in [0.1, 0.15) is 0 Å². The summed E-state index contributed by atoms with van der Waals surface area (Å²) in [6.45, 7) is 3.66. The van der Waals surface area contributed by atoms with Gasteiger partial charge in [-0.15, -0.1) is 6.58 Å². The van der Waals surface area contributed by atoms with Crippen LogP contribution in [0.15, 0.2) is 12.7 Å². The van der Waals surface area contributed by atoms with E-state index < -0.39 is 12.4 Å². The number of halogens is 3. The lowest BCUT2D eigenvalue weighted by Gasteiger charge is -2.33. The molecule has 3 nitrogen and oxygen atoms in total. The molecule has 6 heteroatoms. The predicted octanol–water partition coefficient (Wildman–Crippen LogP) is 1.41. The molecule has 15 heavy (non-hydrogen) atoms. The number of hydrogen-bond acceptors (Lipinski definition) is 3. The maximum Gasteiger partial charge on any atom is 0.400 e. The van der Waals surface area contributed by atoms with Crippen LogP contribution in [0.3, 0.4) is 0 Å². The molecule has 1 unspecified atom stereocenters. The molecule has 1 atom stereocenters. The highest BCUT2D eigenvalue weighted by molar-refractivity contribution is 4.74. The highest BCUT2D eigenvalue weighted by atomic mass is 19.3. The van der Waals surface area contributed by atoms with Gasteiger partial charge in [-0.2, -0.15) is 8.78 Å². The van der Waals surface area contributed by atoms with Crippen molar-refractivity contribution >= 4 is 0 Å². The molecule has 0 aliphatic carbocycles. The molecule has 1 aliphatic heterocycles. The first-order valence-corrected chi connectivity index (χ1v) is 4.66. The highest BCUT2D eigenvalue weighted by Gasteiger charge is 2.45. The van der Waals surface area contributed by atoms with E-state index >= 15 is 0 Å². The molecule has 0 saturated carbocycles. The Morgan fingerprint density at radius 1 is 1.47 bits per heavy atom. The Bertz CT molecular complexity index is 208. The van der Waals surface area contributed by atoms with Crippen LogP contribution in [-0.2, 0) is 9.47 Å². The lowest BCUT2D eigenvalue weighted by Crippen LogP contribution is -2.50. The smallest absolute Gasteiger partial charge is 0.379 e. The van der Waals surface area contributed by atoms with Gasteiger partial charge in [0.1, 0.15) is 0 Å². The zero-order valence-corrected chi connectivity index (χ0v) is 8.29. The van der Waals surface area contributed by atoms with Crippen LogP contribution in [0.25, 0.3) is 0 Å². The minimum Gasteiger partial charge on any atom is -0.379 e. The fraction of sp³-hybridized carbons (Fsp3) is 0.778. The van der Waals surface area contributed by atoms with Gasteiger partial charge >= 0.3 is 6.11 Å². The van der Waals surface area contributed by atoms with Crippen molar-refractivity contribution in [3.63, 3.8) is 0 Å². The van der Waals surface area contributed by atoms with Gasteiger partial charge in [-0.05, 0) is 0 Å². The first kappa shape index (κ1) is 12.5. The van der Waals surface area contributed by atoms with Crippen LogP contribution in [0.4, 0.5) is 13.2 Å². The number of alkyl halides is 3. The van der Waals surface area contributed by atoms with Crippen molar-refractivity contribution in [2.24, 2.45) is 0 Å². The largest absolute Gasteiger partial charge is 0.400 e. The van der Waals surface area contributed by atoms with Gasteiger partial charge in [-0.3, -0.25) is 4.90 Å². The topological polar surface area (TPSA) is 21.7 Å². The average Bonchev–Trinajstić information content (AvgIpc) is 2.26. The Labute approximate surface area is 86.4 Å². The third-order valence-corrected chi connectivity index (χ3v) is 2.04. The molecule has 0 amide bonds. The van der Waals surface area contributed by atoms with Gasteiger partial charge in [0.15, 0.2) is 0 Å². The summed E-state index contributed by atoms with van der Waals surface area (Å²) in [6.07, 6.45) is -5.08. The van der Waals surface area contributed by atoms with E-state index in [0.717, 1.165) is 11.0 Å². The third-order valence-electron chi connectivity index (χ3n) is 2.04. The van der Waals surface area contributed by atoms with E-state index in [1.54, 1.807) is 0 Å². The SMILES string of the molecule is C=CCOC(F)(F)C(F)N1CCOCC1. The van der Waals surface area contributed by atoms with Crippen molar-refractivity contribution in [2.75, 3.05) is 32.9 Å². The van der Waals surface area contributed by atoms with Gasteiger partial charge < -0.3 is 9.47 Å². The molecule has 0 aromatic rings. The van der Waals surface area contributed by atoms with Crippen molar-refractivity contribution in [3.8, 4) is 0 Å². The zero-order chi connectivity index (χ0) is 11.3. The Hall–Kier alpha value is -0.590. The predicted molar refractivity (Wildman–Crippen MR) is 48.4 cm³/mol. The van der Waals surface area contributed by atoms with Crippen molar-refractivity contribution in [1.82, 2.24) is 4.90 Å². The molecule has 88 valence electrons. The summed E-state index contributed by atoms with van der Waals surface area (Å²) < 4.78 is 48.5. The lowest BCUT2D eigenvalue weighted by atomic mass is 10.4. The van der Waals surface area contributed by atoms with E-state index in [-0.39, 0.29) is 32.9 Å². The average molecular weight is 225 g/mol. The molecule has 0 N–H and O–H groups in total. The zero-order valence-electron chi connectivity index (χ0n) is 8.29. The molecule has 1 fully saturated rings. The number of hydrogen-bond donors (Lipinski definition) is 0. The van der Waals surface area contributed by atoms with Crippen LogP contribution in [0.2, 0.25) is 0 Å². The highest BCUT2D eigenvalue weighted by Crippen LogP contribution is 2.26. The van der Waals surface area contributed by atoms with Crippen LogP contribution >= 0.6 is 0 Å². The molecule has 0 bridgehead atoms. The first-order chi connectivity index (χ1) is 7.08. The van der Waals surface area contributed by atoms with Gasteiger partial charge in [0, 0.05) is 13.1 Å². The Morgan fingerprint density at radius 2 is 2.07 bits per heavy atom. The molecule has 1 heterocycles. The Balaban J connectivity index is 2.47. The van der Waals surface area contributed by atoms with Gasteiger partial charge in [-0.25, -0.2) is 4.39 Å². The second kappa shape index (κ2) is 5.48. The van der Waals surface area contributed by atoms with Crippen molar-refractivity contribution in [3.05, 3.63) is 12.7 Å². The molecule has 1 aliphatic rings. The van der Waals surface area contributed by atoms with Crippen molar-refractivity contribution in [1.29, 1.82) is 0 Å². The molecular formula is C9H14F3NO2. The number of ether oxygens (including phenoxy) is 2. The standard InChI is InChI=1S/C9H14F3NO2/c1-2-5-15-9(11,12)8(10)13-3-6-14-7-4-13/h2,8H,1,3-7H2. The summed E-state index contributed by atoms with van der Waals surface area (Å²) in [4.78, 5) is 1.01. The number of rotatable bonds is 5. The maximum absolute atomic E-state index is 13.4. The minimum atomic E-state index is -3.80. The quantitative estimate of drug-likeness (QED) is 0.521. The monoisotopic (exact) mass is 225 g/mol. The maximum atomic E-state index is 13.4. The van der Waals surface area contributed by atoms with Gasteiger partial charge in [-0.1, -0.05) is 6.08 Å². The van der Waals surface area contributed by atoms with Gasteiger partial charge in [0.05, 0.1) is 19.8 Å². The van der Waals surface area contributed by atoms with E-state index in [4.69, 9.17) is 4.74 Å². The summed E-state index contributed by atoms with van der Waals surface area (Å²) in [5.41, 5.74) is 0. The van der Waals surface area contributed by atoms with Crippen LogP contribution < -0.4 is 0 Å². The van der Waals surface area contributed by atoms with Crippen molar-refractivity contribution in [2.45, 2.75) is 12.4 Å². The van der Waals surface area contributed by atoms with Crippen LogP contribution in [-0.4, -0.2) is 50.2 Å². The summed E-state index contributed by atoms with van der Waals surface area (Å²) in [5, 5.41) is 0. The molecule has 0 spiro atoms.